The smallest absolute Gasteiger partial charge is 0.270 e. The average Bonchev–Trinajstić information content (AvgIpc) is 3.18. The molecule has 26 heavy (non-hydrogen) atoms. The molecule has 0 spiro atoms. The van der Waals surface area contributed by atoms with Gasteiger partial charge in [-0.1, -0.05) is 12.8 Å². The number of pyridine rings is 1. The van der Waals surface area contributed by atoms with E-state index in [9.17, 15) is 4.79 Å². The highest BCUT2D eigenvalue weighted by Crippen LogP contribution is 2.21. The highest BCUT2D eigenvalue weighted by Gasteiger charge is 2.18. The van der Waals surface area contributed by atoms with Crippen LogP contribution in [-0.4, -0.2) is 30.0 Å². The van der Waals surface area contributed by atoms with Gasteiger partial charge >= 0.3 is 0 Å². The predicted octanol–water partition coefficient (Wildman–Crippen LogP) is 4.34. The molecule has 5 heteroatoms. The van der Waals surface area contributed by atoms with Crippen LogP contribution >= 0.6 is 0 Å². The van der Waals surface area contributed by atoms with Gasteiger partial charge in [0.1, 0.15) is 5.69 Å². The third-order valence-electron chi connectivity index (χ3n) is 4.97. The highest BCUT2D eigenvalue weighted by atomic mass is 16.1. The molecule has 1 aromatic heterocycles. The lowest BCUT2D eigenvalue weighted by Crippen LogP contribution is -2.33. The van der Waals surface area contributed by atoms with E-state index in [0.717, 1.165) is 37.3 Å². The summed E-state index contributed by atoms with van der Waals surface area (Å²) in [5.41, 5.74) is 3.57. The van der Waals surface area contributed by atoms with Crippen molar-refractivity contribution in [2.45, 2.75) is 45.6 Å². The lowest BCUT2D eigenvalue weighted by Gasteiger charge is -2.21. The van der Waals surface area contributed by atoms with Crippen molar-refractivity contribution in [1.82, 2.24) is 10.3 Å². The van der Waals surface area contributed by atoms with Crippen molar-refractivity contribution in [2.75, 3.05) is 23.3 Å². The number of rotatable bonds is 7. The Bertz CT molecular complexity index is 702. The molecule has 1 fully saturated rings. The number of carbonyl (C=O) groups excluding carboxylic acids is 1. The van der Waals surface area contributed by atoms with E-state index >= 15 is 0 Å². The maximum atomic E-state index is 12.2. The first-order valence-corrected chi connectivity index (χ1v) is 9.58. The Morgan fingerprint density at radius 3 is 2.27 bits per heavy atom. The minimum atomic E-state index is -0.0768. The van der Waals surface area contributed by atoms with E-state index in [1.165, 1.54) is 18.5 Å². The normalized spacial score (nSPS) is 14.2. The first-order valence-electron chi connectivity index (χ1n) is 9.58. The molecule has 0 saturated heterocycles. The number of amides is 1. The number of aromatic nitrogens is 1. The maximum Gasteiger partial charge on any atom is 0.270 e. The summed E-state index contributed by atoms with van der Waals surface area (Å²) in [6.45, 7) is 6.31. The molecule has 2 aromatic rings. The number of nitrogens with zero attached hydrogens (tertiary/aromatic N) is 2. The molecule has 138 valence electrons. The summed E-state index contributed by atoms with van der Waals surface area (Å²) >= 11 is 0. The molecule has 0 aliphatic heterocycles. The maximum absolute atomic E-state index is 12.2. The van der Waals surface area contributed by atoms with Crippen LogP contribution in [0.5, 0.6) is 0 Å². The molecule has 3 rings (SSSR count). The SMILES string of the molecule is CCN(CC)c1ccc(Nc2ccc(C(=O)NC3CCCC3)nc2)cc1. The fourth-order valence-electron chi connectivity index (χ4n) is 3.44. The van der Waals surface area contributed by atoms with Gasteiger partial charge in [-0.05, 0) is 63.1 Å². The zero-order valence-electron chi connectivity index (χ0n) is 15.7. The van der Waals surface area contributed by atoms with Crippen molar-refractivity contribution in [3.8, 4) is 0 Å². The lowest BCUT2D eigenvalue weighted by atomic mass is 10.2. The summed E-state index contributed by atoms with van der Waals surface area (Å²) in [5, 5.41) is 6.40. The van der Waals surface area contributed by atoms with Gasteiger partial charge in [-0.2, -0.15) is 0 Å². The van der Waals surface area contributed by atoms with Gasteiger partial charge in [0, 0.05) is 30.5 Å². The molecule has 0 unspecified atom stereocenters. The van der Waals surface area contributed by atoms with Crippen LogP contribution in [0.2, 0.25) is 0 Å². The Morgan fingerprint density at radius 2 is 1.69 bits per heavy atom. The van der Waals surface area contributed by atoms with Crippen LogP contribution < -0.4 is 15.5 Å². The zero-order chi connectivity index (χ0) is 18.4. The van der Waals surface area contributed by atoms with E-state index in [2.05, 4.69) is 58.6 Å². The zero-order valence-corrected chi connectivity index (χ0v) is 15.7. The molecule has 1 saturated carbocycles. The summed E-state index contributed by atoms with van der Waals surface area (Å²) in [5.74, 6) is -0.0768. The number of carbonyl (C=O) groups is 1. The number of benzene rings is 1. The van der Waals surface area contributed by atoms with Crippen molar-refractivity contribution in [3.05, 3.63) is 48.3 Å². The summed E-state index contributed by atoms with van der Waals surface area (Å²) in [7, 11) is 0. The quantitative estimate of drug-likeness (QED) is 0.778. The van der Waals surface area contributed by atoms with Gasteiger partial charge in [0.05, 0.1) is 11.9 Å². The van der Waals surface area contributed by atoms with Crippen molar-refractivity contribution in [2.24, 2.45) is 0 Å². The van der Waals surface area contributed by atoms with Crippen LogP contribution in [0.1, 0.15) is 50.0 Å². The first-order chi connectivity index (χ1) is 12.7. The standard InChI is InChI=1S/C21H28N4O/c1-3-25(4-2)19-12-9-17(10-13-19)23-18-11-14-20(22-15-18)21(26)24-16-7-5-6-8-16/h9-16,23H,3-8H2,1-2H3,(H,24,26). The van der Waals surface area contributed by atoms with Crippen LogP contribution in [0.25, 0.3) is 0 Å². The van der Waals surface area contributed by atoms with Crippen molar-refractivity contribution in [3.63, 3.8) is 0 Å². The van der Waals surface area contributed by atoms with Crippen molar-refractivity contribution < 1.29 is 4.79 Å². The molecule has 5 nitrogen and oxygen atoms in total. The van der Waals surface area contributed by atoms with Crippen LogP contribution in [0.4, 0.5) is 17.1 Å². The summed E-state index contributed by atoms with van der Waals surface area (Å²) in [4.78, 5) is 18.8. The minimum Gasteiger partial charge on any atom is -0.372 e. The molecule has 1 amide bonds. The fraction of sp³-hybridized carbons (Fsp3) is 0.429. The molecular weight excluding hydrogens is 324 g/mol. The van der Waals surface area contributed by atoms with Gasteiger partial charge in [0.2, 0.25) is 0 Å². The van der Waals surface area contributed by atoms with Gasteiger partial charge in [-0.3, -0.25) is 4.79 Å². The van der Waals surface area contributed by atoms with Crippen molar-refractivity contribution >= 4 is 23.0 Å². The Kier molecular flexibility index (Phi) is 6.10. The topological polar surface area (TPSA) is 57.3 Å². The summed E-state index contributed by atoms with van der Waals surface area (Å²) < 4.78 is 0. The summed E-state index contributed by atoms with van der Waals surface area (Å²) in [6.07, 6.45) is 6.27. The Balaban J connectivity index is 1.59. The van der Waals surface area contributed by atoms with Crippen molar-refractivity contribution in [1.29, 1.82) is 0 Å². The van der Waals surface area contributed by atoms with Gasteiger partial charge in [-0.15, -0.1) is 0 Å². The molecule has 0 radical (unpaired) electrons. The molecule has 2 N–H and O–H groups in total. The molecule has 1 aliphatic rings. The van der Waals surface area contributed by atoms with E-state index in [1.54, 1.807) is 12.3 Å². The second-order valence-corrected chi connectivity index (χ2v) is 6.73. The Morgan fingerprint density at radius 1 is 1.04 bits per heavy atom. The Hall–Kier alpha value is -2.56. The van der Waals surface area contributed by atoms with Crippen LogP contribution in [0, 0.1) is 0 Å². The van der Waals surface area contributed by atoms with E-state index in [0.29, 0.717) is 11.7 Å². The second-order valence-electron chi connectivity index (χ2n) is 6.73. The lowest BCUT2D eigenvalue weighted by molar-refractivity contribution is 0.0933. The molecule has 1 aromatic carbocycles. The van der Waals surface area contributed by atoms with E-state index < -0.39 is 0 Å². The number of anilines is 3. The third kappa shape index (κ3) is 4.54. The molecule has 1 heterocycles. The molecule has 0 bridgehead atoms. The van der Waals surface area contributed by atoms with Gasteiger partial charge < -0.3 is 15.5 Å². The number of hydrogen-bond donors (Lipinski definition) is 2. The third-order valence-corrected chi connectivity index (χ3v) is 4.97. The number of nitrogens with one attached hydrogen (secondary N) is 2. The number of hydrogen-bond acceptors (Lipinski definition) is 4. The largest absolute Gasteiger partial charge is 0.372 e. The molecule has 1 aliphatic carbocycles. The van der Waals surface area contributed by atoms with E-state index in [1.807, 2.05) is 6.07 Å². The van der Waals surface area contributed by atoms with Crippen LogP contribution in [-0.2, 0) is 0 Å². The average molecular weight is 352 g/mol. The van der Waals surface area contributed by atoms with Gasteiger partial charge in [0.25, 0.3) is 5.91 Å². The molecular formula is C21H28N4O. The fourth-order valence-corrected chi connectivity index (χ4v) is 3.44. The summed E-state index contributed by atoms with van der Waals surface area (Å²) in [6, 6.07) is 12.3. The first kappa shape index (κ1) is 18.2. The van der Waals surface area contributed by atoms with Crippen LogP contribution in [0.15, 0.2) is 42.6 Å². The van der Waals surface area contributed by atoms with E-state index in [-0.39, 0.29) is 5.91 Å². The van der Waals surface area contributed by atoms with E-state index in [4.69, 9.17) is 0 Å². The van der Waals surface area contributed by atoms with Gasteiger partial charge in [-0.25, -0.2) is 4.98 Å². The van der Waals surface area contributed by atoms with Gasteiger partial charge in [0.15, 0.2) is 0 Å². The molecule has 0 atom stereocenters. The monoisotopic (exact) mass is 352 g/mol. The predicted molar refractivity (Wildman–Crippen MR) is 107 cm³/mol. The Labute approximate surface area is 155 Å². The second kappa shape index (κ2) is 8.70. The minimum absolute atomic E-state index is 0.0768. The highest BCUT2D eigenvalue weighted by molar-refractivity contribution is 5.92. The van der Waals surface area contributed by atoms with Crippen LogP contribution in [0.3, 0.4) is 0 Å².